The van der Waals surface area contributed by atoms with Gasteiger partial charge >= 0.3 is 0 Å². The molecule has 51 heavy (non-hydrogen) atoms. The number of likely N-dealkylation sites (N-methyl/N-ethyl adjacent to an activating group) is 1. The fourth-order valence-electron chi connectivity index (χ4n) is 8.53. The Morgan fingerprint density at radius 1 is 1.16 bits per heavy atom. The lowest BCUT2D eigenvalue weighted by atomic mass is 9.62. The first-order valence-corrected chi connectivity index (χ1v) is 20.0. The first kappa shape index (κ1) is 37.6. The van der Waals surface area contributed by atoms with E-state index in [1.165, 1.54) is 17.2 Å². The van der Waals surface area contributed by atoms with Crippen LogP contribution in [0.15, 0.2) is 53.4 Å². The summed E-state index contributed by atoms with van der Waals surface area (Å²) < 4.78 is 48.1. The fourth-order valence-corrected chi connectivity index (χ4v) is 9.81. The molecule has 2 bridgehead atoms. The van der Waals surface area contributed by atoms with Crippen molar-refractivity contribution in [2.45, 2.75) is 74.7 Å². The molecule has 278 valence electrons. The van der Waals surface area contributed by atoms with Crippen LogP contribution in [0.2, 0.25) is 5.02 Å². The molecule has 0 aromatic heterocycles. The third-order valence-electron chi connectivity index (χ3n) is 12.1. The van der Waals surface area contributed by atoms with Crippen LogP contribution in [0, 0.1) is 23.7 Å². The zero-order valence-electron chi connectivity index (χ0n) is 30.5. The molecule has 2 aromatic carbocycles. The number of hydrogen-bond donors (Lipinski definition) is 1. The Labute approximate surface area is 307 Å². The Balaban J connectivity index is 1.45. The molecule has 6 rings (SSSR count). The predicted molar refractivity (Wildman–Crippen MR) is 198 cm³/mol. The molecule has 2 aliphatic heterocycles. The third kappa shape index (κ3) is 7.54. The summed E-state index contributed by atoms with van der Waals surface area (Å²) in [6, 6.07) is 11.0. The first-order chi connectivity index (χ1) is 24.3. The van der Waals surface area contributed by atoms with Crippen molar-refractivity contribution in [1.29, 1.82) is 0 Å². The van der Waals surface area contributed by atoms with Gasteiger partial charge in [-0.2, -0.15) is 0 Å². The van der Waals surface area contributed by atoms with Crippen LogP contribution < -0.4 is 14.4 Å². The second kappa shape index (κ2) is 15.1. The summed E-state index contributed by atoms with van der Waals surface area (Å²) in [7, 11) is 0.936. The minimum atomic E-state index is -4.16. The second-order valence-corrected chi connectivity index (χ2v) is 17.3. The molecular weight excluding hydrogens is 690 g/mol. The smallest absolute Gasteiger partial charge is 0.264 e. The van der Waals surface area contributed by atoms with Gasteiger partial charge in [-0.05, 0) is 97.7 Å². The van der Waals surface area contributed by atoms with E-state index in [2.05, 4.69) is 21.8 Å². The van der Waals surface area contributed by atoms with E-state index in [9.17, 15) is 18.0 Å². The number of nitrogens with one attached hydrogen (secondary N) is 1. The molecular formula is C39H52ClN3O7S. The number of hydrogen-bond acceptors (Lipinski definition) is 8. The highest BCUT2D eigenvalue weighted by molar-refractivity contribution is 7.90. The summed E-state index contributed by atoms with van der Waals surface area (Å²) in [6.07, 6.45) is 9.37. The summed E-state index contributed by atoms with van der Waals surface area (Å²) in [5.41, 5.74) is 1.88. The lowest BCUT2D eigenvalue weighted by molar-refractivity contribution is -0.142. The maximum absolute atomic E-state index is 13.7. The van der Waals surface area contributed by atoms with Gasteiger partial charge in [-0.1, -0.05) is 43.7 Å². The van der Waals surface area contributed by atoms with Crippen molar-refractivity contribution in [2.75, 3.05) is 59.0 Å². The first-order valence-electron chi connectivity index (χ1n) is 18.1. The van der Waals surface area contributed by atoms with E-state index < -0.39 is 27.4 Å². The highest BCUT2D eigenvalue weighted by Gasteiger charge is 2.50. The number of aryl methyl sites for hydroxylation is 1. The van der Waals surface area contributed by atoms with E-state index >= 15 is 0 Å². The molecule has 6 atom stereocenters. The predicted octanol–water partition coefficient (Wildman–Crippen LogP) is 5.76. The van der Waals surface area contributed by atoms with E-state index in [1.54, 1.807) is 45.2 Å². The summed E-state index contributed by atoms with van der Waals surface area (Å²) in [4.78, 5) is 31.1. The number of anilines is 1. The number of allylic oxidation sites excluding steroid dienone is 1. The summed E-state index contributed by atoms with van der Waals surface area (Å²) >= 11 is 6.46. The van der Waals surface area contributed by atoms with Crippen LogP contribution in [0.3, 0.4) is 0 Å². The van der Waals surface area contributed by atoms with Crippen LogP contribution in [-0.4, -0.2) is 84.8 Å². The van der Waals surface area contributed by atoms with Gasteiger partial charge in [-0.3, -0.25) is 9.59 Å². The molecule has 1 saturated carbocycles. The third-order valence-corrected chi connectivity index (χ3v) is 13.7. The van der Waals surface area contributed by atoms with Crippen LogP contribution in [0.25, 0.3) is 0 Å². The summed E-state index contributed by atoms with van der Waals surface area (Å²) in [6.45, 7) is 6.24. The molecule has 0 unspecified atom stereocenters. The zero-order chi connectivity index (χ0) is 36.6. The van der Waals surface area contributed by atoms with Gasteiger partial charge in [0, 0.05) is 57.3 Å². The maximum Gasteiger partial charge on any atom is 0.264 e. The molecule has 0 saturated heterocycles. The largest absolute Gasteiger partial charge is 0.490 e. The molecule has 12 heteroatoms. The van der Waals surface area contributed by atoms with E-state index in [0.717, 1.165) is 32.1 Å². The van der Waals surface area contributed by atoms with Crippen LogP contribution in [-0.2, 0) is 40.9 Å². The number of benzene rings is 2. The molecule has 1 spiro atoms. The molecule has 1 fully saturated rings. The van der Waals surface area contributed by atoms with Crippen molar-refractivity contribution >= 4 is 39.1 Å². The lowest BCUT2D eigenvalue weighted by Gasteiger charge is -2.50. The number of ether oxygens (including phenoxy) is 3. The van der Waals surface area contributed by atoms with E-state index in [-0.39, 0.29) is 40.4 Å². The van der Waals surface area contributed by atoms with E-state index in [4.69, 9.17) is 25.8 Å². The Kier molecular flexibility index (Phi) is 11.1. The number of fused-ring (bicyclic) bond motifs is 4. The van der Waals surface area contributed by atoms with Crippen molar-refractivity contribution in [2.24, 2.45) is 23.7 Å². The second-order valence-electron chi connectivity index (χ2n) is 15.2. The van der Waals surface area contributed by atoms with Crippen molar-refractivity contribution in [3.8, 4) is 5.75 Å². The fraction of sp³-hybridized carbons (Fsp3) is 0.590. The van der Waals surface area contributed by atoms with Crippen molar-refractivity contribution in [1.82, 2.24) is 9.62 Å². The number of amides is 2. The Morgan fingerprint density at radius 2 is 1.96 bits per heavy atom. The highest BCUT2D eigenvalue weighted by atomic mass is 35.5. The van der Waals surface area contributed by atoms with Crippen LogP contribution >= 0.6 is 11.6 Å². The van der Waals surface area contributed by atoms with Gasteiger partial charge in [-0.25, -0.2) is 13.1 Å². The van der Waals surface area contributed by atoms with Gasteiger partial charge in [0.25, 0.3) is 10.0 Å². The molecule has 0 radical (unpaired) electrons. The number of carbonyl (C=O) groups is 2. The van der Waals surface area contributed by atoms with E-state index in [1.807, 2.05) is 25.1 Å². The molecule has 2 aromatic rings. The minimum absolute atomic E-state index is 0.0166. The SMILES string of the molecule is COCCN(C)C(=O)C[C@]1(OC)/C=C/C[C@H](C)[C@@H](C)C(=O)NS(=O)(=O)c2ccc3c(c2)N(C[C@@H]2CC[C@H]21)C[C@@]1(CCCc2cc(Cl)ccc21)CO3. The van der Waals surface area contributed by atoms with Crippen LogP contribution in [0.4, 0.5) is 5.69 Å². The number of sulfonamides is 1. The monoisotopic (exact) mass is 741 g/mol. The number of carbonyl (C=O) groups excluding carboxylic acids is 2. The van der Waals surface area contributed by atoms with Crippen LogP contribution in [0.5, 0.6) is 5.75 Å². The average molecular weight is 742 g/mol. The Hall–Kier alpha value is -3.12. The van der Waals surface area contributed by atoms with Gasteiger partial charge in [0.1, 0.15) is 5.75 Å². The van der Waals surface area contributed by atoms with Gasteiger partial charge in [-0.15, -0.1) is 0 Å². The number of rotatable bonds is 6. The zero-order valence-corrected chi connectivity index (χ0v) is 32.0. The van der Waals surface area contributed by atoms with Crippen LogP contribution in [0.1, 0.15) is 63.5 Å². The lowest BCUT2D eigenvalue weighted by Crippen LogP contribution is -2.54. The molecule has 2 amide bonds. The molecule has 4 aliphatic rings. The average Bonchev–Trinajstić information content (AvgIpc) is 3.24. The minimum Gasteiger partial charge on any atom is -0.490 e. The normalized spacial score (nSPS) is 30.9. The topological polar surface area (TPSA) is 114 Å². The van der Waals surface area contributed by atoms with Gasteiger partial charge in [0.05, 0.1) is 35.8 Å². The van der Waals surface area contributed by atoms with E-state index in [0.29, 0.717) is 55.7 Å². The molecule has 1 N–H and O–H groups in total. The Morgan fingerprint density at radius 3 is 2.69 bits per heavy atom. The quantitative estimate of drug-likeness (QED) is 0.372. The van der Waals surface area contributed by atoms with Crippen molar-refractivity contribution < 1.29 is 32.2 Å². The summed E-state index contributed by atoms with van der Waals surface area (Å²) in [5.74, 6) is -0.578. The van der Waals surface area contributed by atoms with Gasteiger partial charge in [0.2, 0.25) is 11.8 Å². The van der Waals surface area contributed by atoms with Crippen molar-refractivity contribution in [3.05, 3.63) is 64.7 Å². The summed E-state index contributed by atoms with van der Waals surface area (Å²) in [5, 5.41) is 0.706. The molecule has 2 heterocycles. The maximum atomic E-state index is 13.7. The number of halogens is 1. The number of methoxy groups -OCH3 is 2. The highest BCUT2D eigenvalue weighted by Crippen LogP contribution is 2.50. The van der Waals surface area contributed by atoms with Gasteiger partial charge in [0.15, 0.2) is 0 Å². The standard InChI is InChI=1S/C39H52ClN3O7S/c1-26-8-6-17-39(49-5,22-36(44)42(3)18-19-48-4)33-13-10-29(33)23-43-24-38(16-7-9-28-20-30(40)11-14-32(28)38)25-50-35-15-12-31(21-34(35)43)51(46,47)41-37(45)27(26)2/h6,11-12,14-15,17,20-21,26-27,29,33H,7-10,13,16,18-19,22-25H2,1-5H3,(H,41,45)/b17-6+/t26-,27+,29-,33+,38-,39+/m0/s1. The van der Waals surface area contributed by atoms with Crippen molar-refractivity contribution in [3.63, 3.8) is 0 Å². The molecule has 10 nitrogen and oxygen atoms in total. The van der Waals surface area contributed by atoms with Gasteiger partial charge < -0.3 is 24.0 Å². The Bertz CT molecular complexity index is 1770. The number of nitrogens with zero attached hydrogens (tertiary/aromatic N) is 2. The molecule has 2 aliphatic carbocycles.